The highest BCUT2D eigenvalue weighted by atomic mass is 16.5. The third-order valence-corrected chi connectivity index (χ3v) is 12.2. The molecule has 0 amide bonds. The third-order valence-electron chi connectivity index (χ3n) is 12.2. The minimum Gasteiger partial charge on any atom is -0.456 e. The second-order valence-corrected chi connectivity index (χ2v) is 13.9. The molecule has 0 N–H and O–H groups in total. The lowest BCUT2D eigenvalue weighted by Gasteiger charge is -2.39. The summed E-state index contributed by atoms with van der Waals surface area (Å²) in [7, 11) is 0. The van der Waals surface area contributed by atoms with Gasteiger partial charge in [0.2, 0.25) is 0 Å². The van der Waals surface area contributed by atoms with E-state index in [2.05, 4.69) is 127 Å². The van der Waals surface area contributed by atoms with E-state index in [4.69, 9.17) is 9.72 Å². The van der Waals surface area contributed by atoms with Gasteiger partial charge in [0, 0.05) is 38.5 Å². The van der Waals surface area contributed by atoms with Gasteiger partial charge in [0.1, 0.15) is 28.1 Å². The Bertz CT molecular complexity index is 3370. The second-order valence-electron chi connectivity index (χ2n) is 13.9. The van der Waals surface area contributed by atoms with Crippen molar-refractivity contribution in [3.05, 3.63) is 127 Å². The molecule has 1 unspecified atom stereocenters. The normalized spacial score (nSPS) is 17.4. The molecule has 0 saturated carbocycles. The van der Waals surface area contributed by atoms with Crippen LogP contribution in [0.2, 0.25) is 0 Å². The van der Waals surface area contributed by atoms with Crippen LogP contribution in [0.1, 0.15) is 11.1 Å². The smallest absolute Gasteiger partial charge is 0.321 e. The SMILES string of the molecule is c1cc2ccc3c4ccc[n+]5c4n4c6c7c(ccc6c(c1)c2c34)Oc1ccc2c3ccnc4ccc6c8ccc[n+]9c8n(c2c1C759)c6c43. The van der Waals surface area contributed by atoms with Gasteiger partial charge in [0.15, 0.2) is 16.6 Å². The summed E-state index contributed by atoms with van der Waals surface area (Å²) in [5.74, 6) is 1.80. The van der Waals surface area contributed by atoms with Crippen molar-refractivity contribution in [2.24, 2.45) is 0 Å². The molecule has 0 radical (unpaired) electrons. The largest absolute Gasteiger partial charge is 0.456 e. The number of benzene rings is 5. The Labute approximate surface area is 269 Å². The van der Waals surface area contributed by atoms with Crippen molar-refractivity contribution < 1.29 is 13.9 Å². The van der Waals surface area contributed by atoms with Crippen molar-refractivity contribution in [1.29, 1.82) is 0 Å². The van der Waals surface area contributed by atoms with Gasteiger partial charge in [-0.05, 0) is 83.6 Å². The number of aromatic nitrogens is 5. The van der Waals surface area contributed by atoms with Crippen LogP contribution >= 0.6 is 0 Å². The molecule has 5 aromatic carbocycles. The van der Waals surface area contributed by atoms with Crippen molar-refractivity contribution in [2.45, 2.75) is 5.66 Å². The van der Waals surface area contributed by atoms with Crippen molar-refractivity contribution >= 4 is 98.1 Å². The number of ether oxygens (including phenoxy) is 1. The number of hydrogen-bond acceptors (Lipinski definition) is 2. The summed E-state index contributed by atoms with van der Waals surface area (Å²) < 4.78 is 17.3. The first-order valence-corrected chi connectivity index (χ1v) is 16.6. The topological polar surface area (TPSA) is 38.7 Å². The fourth-order valence-electron chi connectivity index (χ4n) is 10.7. The first-order valence-electron chi connectivity index (χ1n) is 16.6. The summed E-state index contributed by atoms with van der Waals surface area (Å²) in [6, 6.07) is 36.1. The zero-order valence-corrected chi connectivity index (χ0v) is 25.1. The maximum Gasteiger partial charge on any atom is 0.321 e. The van der Waals surface area contributed by atoms with Gasteiger partial charge in [-0.2, -0.15) is 17.9 Å². The van der Waals surface area contributed by atoms with Crippen molar-refractivity contribution in [3.63, 3.8) is 0 Å². The van der Waals surface area contributed by atoms with E-state index in [-0.39, 0.29) is 0 Å². The lowest BCUT2D eigenvalue weighted by molar-refractivity contribution is -0.953. The molecule has 6 heteroatoms. The van der Waals surface area contributed by atoms with Crippen LogP contribution in [-0.2, 0) is 5.66 Å². The molecular formula is C42H19N5O+2. The number of nitrogens with zero attached hydrogens (tertiary/aromatic N) is 5. The summed E-state index contributed by atoms with van der Waals surface area (Å²) in [6.07, 6.45) is 6.56. The Morgan fingerprint density at radius 1 is 0.500 bits per heavy atom. The lowest BCUT2D eigenvalue weighted by Crippen LogP contribution is -2.77. The monoisotopic (exact) mass is 609 g/mol. The average Bonchev–Trinajstić information content (AvgIpc) is 3.67. The average molecular weight is 610 g/mol. The molecule has 0 fully saturated rings. The number of fused-ring (bicyclic) bond motifs is 4. The van der Waals surface area contributed by atoms with Crippen LogP contribution in [0.15, 0.2) is 116 Å². The summed E-state index contributed by atoms with van der Waals surface area (Å²) in [5.41, 5.74) is 10.00. The number of hydrogen-bond donors (Lipinski definition) is 0. The highest BCUT2D eigenvalue weighted by molar-refractivity contribution is 6.30. The molecule has 216 valence electrons. The third kappa shape index (κ3) is 1.85. The zero-order chi connectivity index (χ0) is 30.4. The standard InChI is InChI=1S/C42H19N5O/c1-4-20-8-9-25-27-6-2-18-44-40(27)46-36(25)32(20)21(5-1)23-11-14-30-34(38(23)46)42(44)35-31(48-30)15-12-24-22-16-17-43-29-13-10-26-28-7-3-19-45(42)41(28)47(39(24)35)37(26)33(22)29/h1-19H/q+2. The molecule has 1 atom stereocenters. The highest BCUT2D eigenvalue weighted by Gasteiger charge is 2.63. The van der Waals surface area contributed by atoms with E-state index < -0.39 is 5.66 Å². The van der Waals surface area contributed by atoms with E-state index in [1.54, 1.807) is 0 Å². The Hall–Kier alpha value is -6.53. The van der Waals surface area contributed by atoms with E-state index in [9.17, 15) is 0 Å². The van der Waals surface area contributed by atoms with E-state index in [0.29, 0.717) is 0 Å². The molecule has 0 saturated heterocycles. The number of rotatable bonds is 0. The van der Waals surface area contributed by atoms with Crippen LogP contribution in [0, 0.1) is 0 Å². The Morgan fingerprint density at radius 3 is 1.79 bits per heavy atom. The molecule has 10 heterocycles. The van der Waals surface area contributed by atoms with Crippen molar-refractivity contribution in [2.75, 3.05) is 0 Å². The molecule has 7 aromatic heterocycles. The second kappa shape index (κ2) is 6.50. The Kier molecular flexibility index (Phi) is 2.99. The summed E-state index contributed by atoms with van der Waals surface area (Å²) in [4.78, 5) is 4.84. The highest BCUT2D eigenvalue weighted by Crippen LogP contribution is 2.57. The van der Waals surface area contributed by atoms with E-state index in [0.717, 1.165) is 17.0 Å². The van der Waals surface area contributed by atoms with E-state index in [1.807, 2.05) is 6.20 Å². The van der Waals surface area contributed by atoms with Gasteiger partial charge in [-0.1, -0.05) is 24.3 Å². The van der Waals surface area contributed by atoms with Gasteiger partial charge < -0.3 is 4.74 Å². The van der Waals surface area contributed by atoms with E-state index in [1.165, 1.54) is 104 Å². The van der Waals surface area contributed by atoms with Gasteiger partial charge in [-0.25, -0.2) is 0 Å². The molecule has 1 spiro atoms. The molecule has 48 heavy (non-hydrogen) atoms. The van der Waals surface area contributed by atoms with Crippen LogP contribution in [0.3, 0.4) is 0 Å². The number of pyridine rings is 5. The fraction of sp³-hybridized carbons (Fsp3) is 0.0238. The first-order chi connectivity index (χ1) is 23.8. The summed E-state index contributed by atoms with van der Waals surface area (Å²) in [6.45, 7) is 0. The fourth-order valence-corrected chi connectivity index (χ4v) is 10.7. The predicted molar refractivity (Wildman–Crippen MR) is 187 cm³/mol. The predicted octanol–water partition coefficient (Wildman–Crippen LogP) is 8.29. The van der Waals surface area contributed by atoms with Crippen molar-refractivity contribution in [3.8, 4) is 11.5 Å². The van der Waals surface area contributed by atoms with Gasteiger partial charge in [0.25, 0.3) is 11.3 Å². The van der Waals surface area contributed by atoms with E-state index >= 15 is 0 Å². The Morgan fingerprint density at radius 2 is 1.08 bits per heavy atom. The van der Waals surface area contributed by atoms with Gasteiger partial charge in [-0.15, -0.1) is 0 Å². The zero-order valence-electron chi connectivity index (χ0n) is 25.1. The van der Waals surface area contributed by atoms with Crippen LogP contribution < -0.4 is 13.9 Å². The molecule has 3 aliphatic heterocycles. The van der Waals surface area contributed by atoms with Crippen LogP contribution in [0.25, 0.3) is 98.1 Å². The molecule has 6 nitrogen and oxygen atoms in total. The summed E-state index contributed by atoms with van der Waals surface area (Å²) in [5, 5.41) is 13.8. The van der Waals surface area contributed by atoms with Gasteiger partial charge in [0.05, 0.1) is 34.1 Å². The van der Waals surface area contributed by atoms with Crippen LogP contribution in [0.5, 0.6) is 11.5 Å². The molecule has 3 aliphatic rings. The maximum absolute atomic E-state index is 7.10. The quantitative estimate of drug-likeness (QED) is 0.0986. The van der Waals surface area contributed by atoms with Crippen LogP contribution in [-0.4, -0.2) is 13.8 Å². The van der Waals surface area contributed by atoms with Gasteiger partial charge >= 0.3 is 5.66 Å². The Balaban J connectivity index is 1.34. The lowest BCUT2D eigenvalue weighted by atomic mass is 9.81. The first kappa shape index (κ1) is 22.1. The minimum atomic E-state index is -0.748. The molecule has 0 aliphatic carbocycles. The molecule has 0 bridgehead atoms. The van der Waals surface area contributed by atoms with Crippen molar-refractivity contribution in [1.82, 2.24) is 13.8 Å². The van der Waals surface area contributed by atoms with Crippen LogP contribution in [0.4, 0.5) is 0 Å². The summed E-state index contributed by atoms with van der Waals surface area (Å²) >= 11 is 0. The molecular weight excluding hydrogens is 590 g/mol. The minimum absolute atomic E-state index is 0.748. The van der Waals surface area contributed by atoms with Gasteiger partial charge in [-0.3, -0.25) is 4.98 Å². The molecule has 15 rings (SSSR count). The maximum atomic E-state index is 7.10. The molecule has 12 aromatic rings.